The SMILES string of the molecule is Fc1ccc2nc(-c3ccncc3)c(CCl)n2c1. The second-order valence-electron chi connectivity index (χ2n) is 3.85. The molecule has 0 amide bonds. The molecule has 3 heterocycles. The molecule has 0 unspecified atom stereocenters. The molecule has 0 spiro atoms. The number of nitrogens with zero attached hydrogens (tertiary/aromatic N) is 3. The van der Waals surface area contributed by atoms with Gasteiger partial charge in [0.25, 0.3) is 0 Å². The molecule has 90 valence electrons. The number of fused-ring (bicyclic) bond motifs is 1. The van der Waals surface area contributed by atoms with Crippen LogP contribution in [0.1, 0.15) is 5.69 Å². The summed E-state index contributed by atoms with van der Waals surface area (Å²) in [6.07, 6.45) is 4.78. The van der Waals surface area contributed by atoms with Crippen molar-refractivity contribution in [2.75, 3.05) is 0 Å². The van der Waals surface area contributed by atoms with Crippen molar-refractivity contribution in [2.24, 2.45) is 0 Å². The molecule has 0 bridgehead atoms. The minimum Gasteiger partial charge on any atom is -0.299 e. The molecule has 0 saturated heterocycles. The lowest BCUT2D eigenvalue weighted by Crippen LogP contribution is -1.92. The van der Waals surface area contributed by atoms with Crippen LogP contribution in [0.5, 0.6) is 0 Å². The van der Waals surface area contributed by atoms with Gasteiger partial charge < -0.3 is 0 Å². The van der Waals surface area contributed by atoms with Crippen molar-refractivity contribution in [1.29, 1.82) is 0 Å². The van der Waals surface area contributed by atoms with Gasteiger partial charge in [-0.2, -0.15) is 0 Å². The lowest BCUT2D eigenvalue weighted by atomic mass is 10.2. The predicted octanol–water partition coefficient (Wildman–Crippen LogP) is 3.27. The maximum Gasteiger partial charge on any atom is 0.139 e. The number of alkyl halides is 1. The number of pyridine rings is 2. The minimum atomic E-state index is -0.312. The summed E-state index contributed by atoms with van der Waals surface area (Å²) in [4.78, 5) is 8.45. The zero-order valence-electron chi connectivity index (χ0n) is 9.35. The highest BCUT2D eigenvalue weighted by Gasteiger charge is 2.13. The van der Waals surface area contributed by atoms with E-state index in [0.29, 0.717) is 5.65 Å². The van der Waals surface area contributed by atoms with Gasteiger partial charge in [-0.15, -0.1) is 11.6 Å². The quantitative estimate of drug-likeness (QED) is 0.663. The first-order valence-corrected chi connectivity index (χ1v) is 5.96. The molecule has 5 heteroatoms. The van der Waals surface area contributed by atoms with Gasteiger partial charge in [0.15, 0.2) is 0 Å². The normalized spacial score (nSPS) is 11.0. The first-order valence-electron chi connectivity index (χ1n) is 5.42. The molecule has 0 N–H and O–H groups in total. The van der Waals surface area contributed by atoms with E-state index in [1.54, 1.807) is 22.9 Å². The fourth-order valence-electron chi connectivity index (χ4n) is 1.94. The zero-order valence-corrected chi connectivity index (χ0v) is 10.1. The molecule has 0 radical (unpaired) electrons. The lowest BCUT2D eigenvalue weighted by molar-refractivity contribution is 0.618. The van der Waals surface area contributed by atoms with E-state index in [4.69, 9.17) is 11.6 Å². The Hall–Kier alpha value is -1.94. The predicted molar refractivity (Wildman–Crippen MR) is 67.9 cm³/mol. The first-order chi connectivity index (χ1) is 8.79. The van der Waals surface area contributed by atoms with Crippen LogP contribution in [0.2, 0.25) is 0 Å². The number of imidazole rings is 1. The zero-order chi connectivity index (χ0) is 12.5. The van der Waals surface area contributed by atoms with Gasteiger partial charge in [0.2, 0.25) is 0 Å². The largest absolute Gasteiger partial charge is 0.299 e. The Morgan fingerprint density at radius 2 is 1.94 bits per heavy atom. The Morgan fingerprint density at radius 1 is 1.17 bits per heavy atom. The van der Waals surface area contributed by atoms with E-state index in [1.165, 1.54) is 12.3 Å². The maximum atomic E-state index is 13.3. The van der Waals surface area contributed by atoms with Gasteiger partial charge in [-0.05, 0) is 24.3 Å². The van der Waals surface area contributed by atoms with Crippen LogP contribution in [-0.2, 0) is 5.88 Å². The molecule has 0 aliphatic carbocycles. The van der Waals surface area contributed by atoms with Crippen LogP contribution in [0.4, 0.5) is 4.39 Å². The molecule has 3 rings (SSSR count). The van der Waals surface area contributed by atoms with E-state index in [9.17, 15) is 4.39 Å². The maximum absolute atomic E-state index is 13.3. The van der Waals surface area contributed by atoms with E-state index in [-0.39, 0.29) is 11.7 Å². The van der Waals surface area contributed by atoms with Crippen LogP contribution in [0.3, 0.4) is 0 Å². The smallest absolute Gasteiger partial charge is 0.139 e. The summed E-state index contributed by atoms with van der Waals surface area (Å²) in [5, 5.41) is 0. The highest BCUT2D eigenvalue weighted by molar-refractivity contribution is 6.17. The molecule has 3 nitrogen and oxygen atoms in total. The molecule has 0 aliphatic rings. The van der Waals surface area contributed by atoms with E-state index in [1.807, 2.05) is 12.1 Å². The summed E-state index contributed by atoms with van der Waals surface area (Å²) in [6, 6.07) is 6.73. The fraction of sp³-hybridized carbons (Fsp3) is 0.0769. The summed E-state index contributed by atoms with van der Waals surface area (Å²) >= 11 is 5.96. The average Bonchev–Trinajstić information content (AvgIpc) is 2.77. The Bertz CT molecular complexity index is 694. The van der Waals surface area contributed by atoms with Crippen LogP contribution in [-0.4, -0.2) is 14.4 Å². The summed E-state index contributed by atoms with van der Waals surface area (Å²) < 4.78 is 14.9. The van der Waals surface area contributed by atoms with Crippen LogP contribution < -0.4 is 0 Å². The molecule has 0 atom stereocenters. The fourth-order valence-corrected chi connectivity index (χ4v) is 2.19. The Kier molecular flexibility index (Phi) is 2.72. The molecular weight excluding hydrogens is 253 g/mol. The van der Waals surface area contributed by atoms with Gasteiger partial charge >= 0.3 is 0 Å². The van der Waals surface area contributed by atoms with E-state index in [0.717, 1.165) is 17.0 Å². The van der Waals surface area contributed by atoms with Gasteiger partial charge in [-0.3, -0.25) is 9.38 Å². The molecule has 0 aliphatic heterocycles. The Labute approximate surface area is 108 Å². The topological polar surface area (TPSA) is 30.2 Å². The van der Waals surface area contributed by atoms with Gasteiger partial charge in [0.1, 0.15) is 11.5 Å². The molecule has 18 heavy (non-hydrogen) atoms. The van der Waals surface area contributed by atoms with Crippen LogP contribution in [0, 0.1) is 5.82 Å². The minimum absolute atomic E-state index is 0.266. The van der Waals surface area contributed by atoms with Gasteiger partial charge in [-0.1, -0.05) is 0 Å². The third kappa shape index (κ3) is 1.75. The third-order valence-corrected chi connectivity index (χ3v) is 3.01. The molecular formula is C13H9ClFN3. The van der Waals surface area contributed by atoms with Crippen molar-refractivity contribution in [2.45, 2.75) is 5.88 Å². The molecule has 0 saturated carbocycles. The van der Waals surface area contributed by atoms with Crippen molar-refractivity contribution >= 4 is 17.2 Å². The van der Waals surface area contributed by atoms with E-state index in [2.05, 4.69) is 9.97 Å². The first kappa shape index (κ1) is 11.2. The summed E-state index contributed by atoms with van der Waals surface area (Å²) in [5.74, 6) is -0.0463. The van der Waals surface area contributed by atoms with Crippen molar-refractivity contribution in [1.82, 2.24) is 14.4 Å². The Morgan fingerprint density at radius 3 is 2.67 bits per heavy atom. The molecule has 3 aromatic heterocycles. The van der Waals surface area contributed by atoms with Crippen LogP contribution >= 0.6 is 11.6 Å². The summed E-state index contributed by atoms with van der Waals surface area (Å²) in [6.45, 7) is 0. The second-order valence-corrected chi connectivity index (χ2v) is 4.12. The number of rotatable bonds is 2. The number of halogens is 2. The monoisotopic (exact) mass is 261 g/mol. The molecule has 0 aromatic carbocycles. The summed E-state index contributed by atoms with van der Waals surface area (Å²) in [5.41, 5.74) is 3.14. The van der Waals surface area contributed by atoms with Crippen molar-refractivity contribution in [3.05, 3.63) is 54.4 Å². The van der Waals surface area contributed by atoms with Crippen molar-refractivity contribution in [3.8, 4) is 11.3 Å². The van der Waals surface area contributed by atoms with Crippen LogP contribution in [0.25, 0.3) is 16.9 Å². The third-order valence-electron chi connectivity index (χ3n) is 2.76. The highest BCUT2D eigenvalue weighted by atomic mass is 35.5. The average molecular weight is 262 g/mol. The van der Waals surface area contributed by atoms with Crippen molar-refractivity contribution < 1.29 is 4.39 Å². The molecule has 3 aromatic rings. The lowest BCUT2D eigenvalue weighted by Gasteiger charge is -2.00. The van der Waals surface area contributed by atoms with E-state index >= 15 is 0 Å². The van der Waals surface area contributed by atoms with Crippen molar-refractivity contribution in [3.63, 3.8) is 0 Å². The number of aromatic nitrogens is 3. The number of hydrogen-bond donors (Lipinski definition) is 0. The highest BCUT2D eigenvalue weighted by Crippen LogP contribution is 2.25. The second kappa shape index (κ2) is 4.38. The molecule has 0 fully saturated rings. The Balaban J connectivity index is 2.30. The van der Waals surface area contributed by atoms with Gasteiger partial charge in [0.05, 0.1) is 17.3 Å². The number of hydrogen-bond acceptors (Lipinski definition) is 2. The van der Waals surface area contributed by atoms with E-state index < -0.39 is 0 Å². The van der Waals surface area contributed by atoms with Gasteiger partial charge in [0, 0.05) is 24.2 Å². The van der Waals surface area contributed by atoms with Crippen LogP contribution in [0.15, 0.2) is 42.9 Å². The van der Waals surface area contributed by atoms with Gasteiger partial charge in [-0.25, -0.2) is 9.37 Å². The standard InChI is InChI=1S/C13H9ClFN3/c14-7-11-13(9-3-5-16-6-4-9)17-12-2-1-10(15)8-18(11)12/h1-6,8H,7H2. The summed E-state index contributed by atoms with van der Waals surface area (Å²) in [7, 11) is 0.